The number of aromatic nitrogens is 3. The van der Waals surface area contributed by atoms with E-state index in [1.165, 1.54) is 6.20 Å². The Labute approximate surface area is 137 Å². The molecule has 0 saturated carbocycles. The Balaban J connectivity index is 1.95. The Morgan fingerprint density at radius 2 is 1.95 bits per heavy atom. The number of benzene rings is 1. The van der Waals surface area contributed by atoms with E-state index in [0.29, 0.717) is 27.1 Å². The molecule has 3 aromatic rings. The molecule has 1 aromatic carbocycles. The van der Waals surface area contributed by atoms with E-state index in [1.54, 1.807) is 29.9 Å². The first-order chi connectivity index (χ1) is 10.6. The fourth-order valence-corrected chi connectivity index (χ4v) is 2.49. The Kier molecular flexibility index (Phi) is 3.92. The molecule has 0 aliphatic heterocycles. The highest BCUT2D eigenvalue weighted by molar-refractivity contribution is 6.35. The zero-order valence-corrected chi connectivity index (χ0v) is 13.1. The van der Waals surface area contributed by atoms with Crippen LogP contribution in [0, 0.1) is 0 Å². The Bertz CT molecular complexity index is 824. The lowest BCUT2D eigenvalue weighted by atomic mass is 10.2. The van der Waals surface area contributed by atoms with Gasteiger partial charge in [0.05, 0.1) is 16.9 Å². The molecule has 5 nitrogen and oxygen atoms in total. The molecule has 0 radical (unpaired) electrons. The molecule has 0 atom stereocenters. The number of nitrogens with zero attached hydrogens (tertiary/aromatic N) is 3. The number of carbonyl (C=O) groups is 1. The van der Waals surface area contributed by atoms with Crippen LogP contribution in [0.25, 0.3) is 5.82 Å². The number of hydrogen-bond donors (Lipinski definition) is 1. The molecule has 7 heteroatoms. The summed E-state index contributed by atoms with van der Waals surface area (Å²) in [5.41, 5.74) is 0.899. The average molecular weight is 335 g/mol. The van der Waals surface area contributed by atoms with E-state index in [-0.39, 0.29) is 5.91 Å². The number of rotatable bonds is 3. The predicted octanol–water partition coefficient (Wildman–Crippen LogP) is 3.77. The molecule has 0 spiro atoms. The van der Waals surface area contributed by atoms with E-state index in [0.717, 1.165) is 0 Å². The molecule has 0 unspecified atom stereocenters. The summed E-state index contributed by atoms with van der Waals surface area (Å²) in [6.45, 7) is 0. The highest BCUT2D eigenvalue weighted by Crippen LogP contribution is 2.26. The van der Waals surface area contributed by atoms with Gasteiger partial charge in [-0.15, -0.1) is 0 Å². The third-order valence-corrected chi connectivity index (χ3v) is 3.74. The van der Waals surface area contributed by atoms with Gasteiger partial charge in [0.1, 0.15) is 11.4 Å². The number of aryl methyl sites for hydroxylation is 1. The van der Waals surface area contributed by atoms with Crippen LogP contribution in [0.15, 0.2) is 48.9 Å². The maximum Gasteiger partial charge on any atom is 0.261 e. The topological polar surface area (TPSA) is 51.9 Å². The van der Waals surface area contributed by atoms with Crippen LogP contribution < -0.4 is 5.32 Å². The van der Waals surface area contributed by atoms with E-state index in [4.69, 9.17) is 23.2 Å². The van der Waals surface area contributed by atoms with Crippen molar-refractivity contribution in [3.05, 3.63) is 64.5 Å². The van der Waals surface area contributed by atoms with Crippen molar-refractivity contribution in [1.29, 1.82) is 0 Å². The van der Waals surface area contributed by atoms with Gasteiger partial charge in [-0.2, -0.15) is 5.10 Å². The fourth-order valence-electron chi connectivity index (χ4n) is 2.16. The second-order valence-electron chi connectivity index (χ2n) is 4.67. The second kappa shape index (κ2) is 5.87. The summed E-state index contributed by atoms with van der Waals surface area (Å²) in [5.74, 6) is 0.363. The monoisotopic (exact) mass is 334 g/mol. The molecule has 22 heavy (non-hydrogen) atoms. The number of amides is 1. The van der Waals surface area contributed by atoms with Crippen LogP contribution in [0.5, 0.6) is 0 Å². The van der Waals surface area contributed by atoms with Crippen molar-refractivity contribution in [1.82, 2.24) is 14.3 Å². The van der Waals surface area contributed by atoms with Gasteiger partial charge in [0.15, 0.2) is 0 Å². The smallest absolute Gasteiger partial charge is 0.261 e. The molecule has 0 fully saturated rings. The number of carbonyl (C=O) groups excluding carboxylic acids is 1. The maximum atomic E-state index is 12.5. The molecule has 1 N–H and O–H groups in total. The van der Waals surface area contributed by atoms with Crippen LogP contribution in [0.4, 0.5) is 5.69 Å². The molecular weight excluding hydrogens is 323 g/mol. The molecule has 2 heterocycles. The van der Waals surface area contributed by atoms with Crippen LogP contribution in [-0.2, 0) is 7.05 Å². The zero-order chi connectivity index (χ0) is 15.7. The van der Waals surface area contributed by atoms with Crippen molar-refractivity contribution in [2.45, 2.75) is 0 Å². The lowest BCUT2D eigenvalue weighted by Crippen LogP contribution is -2.15. The molecule has 0 bridgehead atoms. The summed E-state index contributed by atoms with van der Waals surface area (Å²) in [5, 5.41) is 7.83. The Hall–Kier alpha value is -2.24. The summed E-state index contributed by atoms with van der Waals surface area (Å²) in [6, 6.07) is 8.66. The third-order valence-electron chi connectivity index (χ3n) is 3.18. The maximum absolute atomic E-state index is 12.5. The minimum atomic E-state index is -0.305. The van der Waals surface area contributed by atoms with Crippen LogP contribution in [0.3, 0.4) is 0 Å². The number of anilines is 1. The van der Waals surface area contributed by atoms with E-state index in [1.807, 2.05) is 29.1 Å². The van der Waals surface area contributed by atoms with Crippen molar-refractivity contribution < 1.29 is 4.79 Å². The summed E-state index contributed by atoms with van der Waals surface area (Å²) in [4.78, 5) is 12.5. The van der Waals surface area contributed by atoms with Crippen LogP contribution in [0.1, 0.15) is 10.4 Å². The van der Waals surface area contributed by atoms with Crippen LogP contribution >= 0.6 is 23.2 Å². The van der Waals surface area contributed by atoms with Crippen molar-refractivity contribution >= 4 is 34.8 Å². The molecule has 1 amide bonds. The fraction of sp³-hybridized carbons (Fsp3) is 0.0667. The normalized spacial score (nSPS) is 10.7. The first-order valence-corrected chi connectivity index (χ1v) is 7.23. The van der Waals surface area contributed by atoms with Crippen LogP contribution in [-0.4, -0.2) is 20.3 Å². The van der Waals surface area contributed by atoms with Gasteiger partial charge in [-0.3, -0.25) is 9.48 Å². The van der Waals surface area contributed by atoms with Gasteiger partial charge >= 0.3 is 0 Å². The van der Waals surface area contributed by atoms with Gasteiger partial charge in [0.25, 0.3) is 5.91 Å². The van der Waals surface area contributed by atoms with Crippen molar-refractivity contribution in [3.8, 4) is 5.82 Å². The van der Waals surface area contributed by atoms with Crippen molar-refractivity contribution in [3.63, 3.8) is 0 Å². The van der Waals surface area contributed by atoms with Gasteiger partial charge in [0.2, 0.25) is 0 Å². The second-order valence-corrected chi connectivity index (χ2v) is 5.52. The lowest BCUT2D eigenvalue weighted by molar-refractivity contribution is 0.102. The van der Waals surface area contributed by atoms with Crippen molar-refractivity contribution in [2.24, 2.45) is 7.05 Å². The van der Waals surface area contributed by atoms with Crippen LogP contribution in [0.2, 0.25) is 10.0 Å². The number of hydrogen-bond acceptors (Lipinski definition) is 2. The summed E-state index contributed by atoms with van der Waals surface area (Å²) < 4.78 is 3.45. The minimum Gasteiger partial charge on any atom is -0.320 e. The van der Waals surface area contributed by atoms with E-state index < -0.39 is 0 Å². The Morgan fingerprint density at radius 3 is 2.68 bits per heavy atom. The largest absolute Gasteiger partial charge is 0.320 e. The molecule has 0 aliphatic rings. The Morgan fingerprint density at radius 1 is 1.23 bits per heavy atom. The molecule has 112 valence electrons. The van der Waals surface area contributed by atoms with Gasteiger partial charge in [-0.1, -0.05) is 23.2 Å². The zero-order valence-electron chi connectivity index (χ0n) is 11.6. The average Bonchev–Trinajstić information content (AvgIpc) is 3.11. The molecule has 3 rings (SSSR count). The molecule has 2 aromatic heterocycles. The van der Waals surface area contributed by atoms with E-state index in [9.17, 15) is 4.79 Å². The standard InChI is InChI=1S/C15H12Cl2N4O/c1-20-15(21-6-2-3-7-21)11(9-18-20)14(22)19-13-8-10(16)4-5-12(13)17/h2-9H,1H3,(H,19,22). The van der Waals surface area contributed by atoms with Crippen molar-refractivity contribution in [2.75, 3.05) is 5.32 Å². The lowest BCUT2D eigenvalue weighted by Gasteiger charge is -2.09. The first-order valence-electron chi connectivity index (χ1n) is 6.48. The summed E-state index contributed by atoms with van der Waals surface area (Å²) in [6.07, 6.45) is 5.21. The highest BCUT2D eigenvalue weighted by Gasteiger charge is 2.18. The van der Waals surface area contributed by atoms with Gasteiger partial charge < -0.3 is 9.88 Å². The quantitative estimate of drug-likeness (QED) is 0.792. The summed E-state index contributed by atoms with van der Waals surface area (Å²) >= 11 is 12.0. The third kappa shape index (κ3) is 2.73. The molecule has 0 saturated heterocycles. The minimum absolute atomic E-state index is 0.305. The SMILES string of the molecule is Cn1ncc(C(=O)Nc2cc(Cl)ccc2Cl)c1-n1cccc1. The highest BCUT2D eigenvalue weighted by atomic mass is 35.5. The summed E-state index contributed by atoms with van der Waals surface area (Å²) in [7, 11) is 1.78. The predicted molar refractivity (Wildman–Crippen MR) is 87.0 cm³/mol. The number of nitrogens with one attached hydrogen (secondary N) is 1. The molecule has 0 aliphatic carbocycles. The van der Waals surface area contributed by atoms with Gasteiger partial charge in [-0.05, 0) is 30.3 Å². The van der Waals surface area contributed by atoms with E-state index in [2.05, 4.69) is 10.4 Å². The number of halogens is 2. The molecular formula is C15H12Cl2N4O. The van der Waals surface area contributed by atoms with Gasteiger partial charge in [0, 0.05) is 24.5 Å². The van der Waals surface area contributed by atoms with Gasteiger partial charge in [-0.25, -0.2) is 0 Å². The van der Waals surface area contributed by atoms with E-state index >= 15 is 0 Å². The first kappa shape index (κ1) is 14.7.